The molecule has 0 unspecified atom stereocenters. The number of methoxy groups -OCH3 is 1. The molecule has 192 valence electrons. The predicted octanol–water partition coefficient (Wildman–Crippen LogP) is 3.49. The molecular formula is C25H36N4O5S. The number of fused-ring (bicyclic) bond motifs is 1. The number of rotatable bonds is 5. The van der Waals surface area contributed by atoms with Crippen LogP contribution >= 0.6 is 11.3 Å². The lowest BCUT2D eigenvalue weighted by Crippen LogP contribution is -2.48. The molecule has 0 aromatic carbocycles. The van der Waals surface area contributed by atoms with Gasteiger partial charge in [0.15, 0.2) is 0 Å². The van der Waals surface area contributed by atoms with Gasteiger partial charge in [-0.15, -0.1) is 11.3 Å². The van der Waals surface area contributed by atoms with Crippen molar-refractivity contribution >= 4 is 29.4 Å². The van der Waals surface area contributed by atoms with Crippen LogP contribution in [0.2, 0.25) is 0 Å². The highest BCUT2D eigenvalue weighted by molar-refractivity contribution is 7.11. The Balaban J connectivity index is 1.22. The number of piperidine rings is 1. The summed E-state index contributed by atoms with van der Waals surface area (Å²) < 4.78 is 10.0. The van der Waals surface area contributed by atoms with Gasteiger partial charge in [-0.25, -0.2) is 14.6 Å². The molecule has 1 N–H and O–H groups in total. The number of esters is 1. The number of likely N-dealkylation sites (tertiary alicyclic amines) is 1. The molecule has 3 heterocycles. The predicted molar refractivity (Wildman–Crippen MR) is 132 cm³/mol. The molecule has 0 spiro atoms. The zero-order valence-corrected chi connectivity index (χ0v) is 21.3. The van der Waals surface area contributed by atoms with Gasteiger partial charge in [0.25, 0.3) is 0 Å². The van der Waals surface area contributed by atoms with Gasteiger partial charge in [0.2, 0.25) is 0 Å². The third-order valence-electron chi connectivity index (χ3n) is 7.33. The fourth-order valence-electron chi connectivity index (χ4n) is 5.20. The van der Waals surface area contributed by atoms with Gasteiger partial charge in [0.05, 0.1) is 23.7 Å². The second-order valence-electron chi connectivity index (χ2n) is 9.56. The van der Waals surface area contributed by atoms with E-state index in [1.165, 1.54) is 17.0 Å². The van der Waals surface area contributed by atoms with Gasteiger partial charge >= 0.3 is 18.1 Å². The summed E-state index contributed by atoms with van der Waals surface area (Å²) in [6, 6.07) is 0.132. The highest BCUT2D eigenvalue weighted by atomic mass is 32.1. The van der Waals surface area contributed by atoms with E-state index in [0.717, 1.165) is 70.2 Å². The van der Waals surface area contributed by atoms with Crippen LogP contribution in [0.5, 0.6) is 0 Å². The summed E-state index contributed by atoms with van der Waals surface area (Å²) >= 11 is 1.77. The number of hydrogen-bond acceptors (Lipinski definition) is 7. The van der Waals surface area contributed by atoms with Gasteiger partial charge in [0.1, 0.15) is 6.61 Å². The van der Waals surface area contributed by atoms with Gasteiger partial charge in [0, 0.05) is 55.9 Å². The summed E-state index contributed by atoms with van der Waals surface area (Å²) in [5.74, 6) is 0.200. The third-order valence-corrected chi connectivity index (χ3v) is 8.65. The van der Waals surface area contributed by atoms with Crippen LogP contribution < -0.4 is 5.32 Å². The molecule has 2 fully saturated rings. The van der Waals surface area contributed by atoms with Crippen molar-refractivity contribution in [2.45, 2.75) is 63.3 Å². The summed E-state index contributed by atoms with van der Waals surface area (Å²) in [4.78, 5) is 46.5. The average molecular weight is 505 g/mol. The van der Waals surface area contributed by atoms with Crippen molar-refractivity contribution in [1.29, 1.82) is 0 Å². The summed E-state index contributed by atoms with van der Waals surface area (Å²) in [7, 11) is 1.43. The topological polar surface area (TPSA) is 101 Å². The van der Waals surface area contributed by atoms with Crippen LogP contribution in [0.3, 0.4) is 0 Å². The van der Waals surface area contributed by atoms with Crippen molar-refractivity contribution in [2.75, 3.05) is 39.9 Å². The Morgan fingerprint density at radius 1 is 1.06 bits per heavy atom. The molecular weight excluding hydrogens is 468 g/mol. The summed E-state index contributed by atoms with van der Waals surface area (Å²) in [6.45, 7) is 6.52. The van der Waals surface area contributed by atoms with E-state index in [0.29, 0.717) is 19.0 Å². The highest BCUT2D eigenvalue weighted by Gasteiger charge is 2.31. The zero-order valence-electron chi connectivity index (χ0n) is 20.5. The maximum atomic E-state index is 12.8. The van der Waals surface area contributed by atoms with E-state index < -0.39 is 0 Å². The molecule has 9 nitrogen and oxygen atoms in total. The SMILES string of the molecule is C=CCOC(=O)N1CCc2nc(C3CCN(C(=O)N[C@H]4CC[C@H](C(=O)OC)CC4)CC3)sc2CC1. The minimum Gasteiger partial charge on any atom is -0.469 e. The van der Waals surface area contributed by atoms with Crippen molar-refractivity contribution in [3.8, 4) is 0 Å². The summed E-state index contributed by atoms with van der Waals surface area (Å²) in [5, 5.41) is 4.33. The first-order valence-corrected chi connectivity index (χ1v) is 13.4. The quantitative estimate of drug-likeness (QED) is 0.487. The molecule has 1 saturated heterocycles. The van der Waals surface area contributed by atoms with Crippen molar-refractivity contribution < 1.29 is 23.9 Å². The van der Waals surface area contributed by atoms with Crippen LogP contribution in [0.25, 0.3) is 0 Å². The van der Waals surface area contributed by atoms with Crippen LogP contribution in [0.1, 0.15) is 60.0 Å². The van der Waals surface area contributed by atoms with Crippen LogP contribution in [-0.2, 0) is 27.1 Å². The van der Waals surface area contributed by atoms with E-state index in [2.05, 4.69) is 11.9 Å². The molecule has 0 bridgehead atoms. The second-order valence-corrected chi connectivity index (χ2v) is 10.7. The fourth-order valence-corrected chi connectivity index (χ4v) is 6.47. The lowest BCUT2D eigenvalue weighted by atomic mass is 9.86. The molecule has 1 aromatic rings. The van der Waals surface area contributed by atoms with Crippen molar-refractivity contribution in [1.82, 2.24) is 20.1 Å². The Bertz CT molecular complexity index is 893. The molecule has 35 heavy (non-hydrogen) atoms. The lowest BCUT2D eigenvalue weighted by Gasteiger charge is -2.34. The molecule has 0 radical (unpaired) electrons. The van der Waals surface area contributed by atoms with Gasteiger partial charge < -0.3 is 24.6 Å². The van der Waals surface area contributed by atoms with Gasteiger partial charge in [-0.2, -0.15) is 0 Å². The van der Waals surface area contributed by atoms with Crippen LogP contribution in [-0.4, -0.2) is 78.8 Å². The number of nitrogens with one attached hydrogen (secondary N) is 1. The van der Waals surface area contributed by atoms with E-state index in [9.17, 15) is 14.4 Å². The number of carbonyl (C=O) groups is 3. The molecule has 1 saturated carbocycles. The molecule has 4 rings (SSSR count). The zero-order chi connectivity index (χ0) is 24.8. The summed E-state index contributed by atoms with van der Waals surface area (Å²) in [5.41, 5.74) is 1.10. The first-order valence-electron chi connectivity index (χ1n) is 12.6. The number of ether oxygens (including phenoxy) is 2. The molecule has 3 aliphatic rings. The van der Waals surface area contributed by atoms with E-state index >= 15 is 0 Å². The van der Waals surface area contributed by atoms with E-state index in [1.54, 1.807) is 22.3 Å². The number of carbonyl (C=O) groups excluding carboxylic acids is 3. The fraction of sp³-hybridized carbons (Fsp3) is 0.680. The standard InChI is InChI=1S/C25H36N4O5S/c1-3-16-34-25(32)29-14-10-20-21(11-15-29)35-22(27-20)17-8-12-28(13-9-17)24(31)26-19-6-4-18(5-7-19)23(30)33-2/h3,17-19H,1,4-16H2,2H3,(H,26,31)/t18-,19-. The Labute approximate surface area is 210 Å². The molecule has 3 amide bonds. The molecule has 1 aliphatic carbocycles. The Morgan fingerprint density at radius 3 is 2.46 bits per heavy atom. The minimum absolute atomic E-state index is 0.00307. The average Bonchev–Trinajstić information content (AvgIpc) is 3.19. The Hall–Kier alpha value is -2.62. The number of aromatic nitrogens is 1. The van der Waals surface area contributed by atoms with Gasteiger partial charge in [-0.3, -0.25) is 4.79 Å². The molecule has 2 aliphatic heterocycles. The lowest BCUT2D eigenvalue weighted by molar-refractivity contribution is -0.146. The smallest absolute Gasteiger partial charge is 0.410 e. The molecule has 10 heteroatoms. The number of nitrogens with zero attached hydrogens (tertiary/aromatic N) is 3. The van der Waals surface area contributed by atoms with Gasteiger partial charge in [-0.05, 0) is 38.5 Å². The van der Waals surface area contributed by atoms with E-state index in [-0.39, 0.29) is 36.7 Å². The minimum atomic E-state index is -0.289. The molecule has 1 aromatic heterocycles. The van der Waals surface area contributed by atoms with Crippen LogP contribution in [0, 0.1) is 5.92 Å². The van der Waals surface area contributed by atoms with Gasteiger partial charge in [-0.1, -0.05) is 12.7 Å². The number of hydrogen-bond donors (Lipinski definition) is 1. The monoisotopic (exact) mass is 504 g/mol. The third kappa shape index (κ3) is 6.34. The summed E-state index contributed by atoms with van der Waals surface area (Å²) in [6.07, 6.45) is 7.82. The van der Waals surface area contributed by atoms with Crippen LogP contribution in [0.15, 0.2) is 12.7 Å². The molecule has 0 atom stereocenters. The normalized spacial score (nSPS) is 23.1. The van der Waals surface area contributed by atoms with E-state index in [1.807, 2.05) is 4.90 Å². The Kier molecular flexibility index (Phi) is 8.64. The largest absolute Gasteiger partial charge is 0.469 e. The first-order chi connectivity index (χ1) is 17.0. The highest BCUT2D eigenvalue weighted by Crippen LogP contribution is 2.34. The van der Waals surface area contributed by atoms with Crippen molar-refractivity contribution in [3.05, 3.63) is 28.2 Å². The second kappa shape index (κ2) is 11.9. The first kappa shape index (κ1) is 25.5. The van der Waals surface area contributed by atoms with E-state index in [4.69, 9.17) is 14.5 Å². The maximum absolute atomic E-state index is 12.8. The number of amides is 3. The van der Waals surface area contributed by atoms with Crippen molar-refractivity contribution in [2.24, 2.45) is 5.92 Å². The maximum Gasteiger partial charge on any atom is 0.410 e. The van der Waals surface area contributed by atoms with Crippen molar-refractivity contribution in [3.63, 3.8) is 0 Å². The Morgan fingerprint density at radius 2 is 1.77 bits per heavy atom. The van der Waals surface area contributed by atoms with Crippen LogP contribution in [0.4, 0.5) is 9.59 Å². The number of urea groups is 1. The number of thiazole rings is 1.